The molecule has 0 saturated carbocycles. The molecule has 1 atom stereocenters. The molecule has 0 bridgehead atoms. The standard InChI is InChI=1S/C9H17N3OS/c1-11(6-4-8(10)14)7-3-5-12(2)9(7)13/h7H,3-6H2,1-2H3,(H2,10,14). The average Bonchev–Trinajstić information content (AvgIpc) is 2.44. The van der Waals surface area contributed by atoms with Gasteiger partial charge in [-0.1, -0.05) is 12.2 Å². The van der Waals surface area contributed by atoms with E-state index < -0.39 is 0 Å². The zero-order valence-electron chi connectivity index (χ0n) is 8.69. The highest BCUT2D eigenvalue weighted by Crippen LogP contribution is 2.14. The molecule has 1 aliphatic heterocycles. The number of amides is 1. The van der Waals surface area contributed by atoms with Gasteiger partial charge in [0.1, 0.15) is 0 Å². The van der Waals surface area contributed by atoms with Crippen LogP contribution in [0.3, 0.4) is 0 Å². The Morgan fingerprint density at radius 1 is 1.79 bits per heavy atom. The molecule has 0 aromatic heterocycles. The summed E-state index contributed by atoms with van der Waals surface area (Å²) in [5, 5.41) is 0. The number of rotatable bonds is 4. The first kappa shape index (κ1) is 11.4. The predicted octanol–water partition coefficient (Wildman–Crippen LogP) is -0.175. The third kappa shape index (κ3) is 2.65. The largest absolute Gasteiger partial charge is 0.393 e. The predicted molar refractivity (Wildman–Crippen MR) is 60.1 cm³/mol. The van der Waals surface area contributed by atoms with Gasteiger partial charge in [0, 0.05) is 26.6 Å². The van der Waals surface area contributed by atoms with Gasteiger partial charge in [0.2, 0.25) is 5.91 Å². The molecule has 1 saturated heterocycles. The van der Waals surface area contributed by atoms with Crippen LogP contribution in [0, 0.1) is 0 Å². The number of likely N-dealkylation sites (tertiary alicyclic amines) is 1. The molecule has 0 aromatic rings. The van der Waals surface area contributed by atoms with Crippen LogP contribution in [0.2, 0.25) is 0 Å². The fourth-order valence-corrected chi connectivity index (χ4v) is 1.75. The summed E-state index contributed by atoms with van der Waals surface area (Å²) in [5.74, 6) is 0.204. The second kappa shape index (κ2) is 4.70. The second-order valence-corrected chi connectivity index (χ2v) is 4.29. The van der Waals surface area contributed by atoms with E-state index >= 15 is 0 Å². The van der Waals surface area contributed by atoms with Gasteiger partial charge in [0.25, 0.3) is 0 Å². The van der Waals surface area contributed by atoms with Gasteiger partial charge in [0.15, 0.2) is 0 Å². The van der Waals surface area contributed by atoms with Gasteiger partial charge in [-0.2, -0.15) is 0 Å². The van der Waals surface area contributed by atoms with Crippen molar-refractivity contribution in [1.29, 1.82) is 0 Å². The summed E-state index contributed by atoms with van der Waals surface area (Å²) in [6, 6.07) is 0.0225. The molecule has 1 aliphatic rings. The van der Waals surface area contributed by atoms with Gasteiger partial charge in [-0.15, -0.1) is 0 Å². The Kier molecular flexibility index (Phi) is 3.83. The van der Waals surface area contributed by atoms with Gasteiger partial charge >= 0.3 is 0 Å². The topological polar surface area (TPSA) is 49.6 Å². The SMILES string of the molecule is CN1CCC(N(C)CCC(N)=S)C1=O. The first-order valence-corrected chi connectivity index (χ1v) is 5.16. The number of carbonyl (C=O) groups excluding carboxylic acids is 1. The molecule has 5 heteroatoms. The van der Waals surface area contributed by atoms with Crippen LogP contribution in [-0.2, 0) is 4.79 Å². The first-order valence-electron chi connectivity index (χ1n) is 4.76. The Hall–Kier alpha value is -0.680. The molecule has 0 aliphatic carbocycles. The number of hydrogen-bond donors (Lipinski definition) is 1. The maximum Gasteiger partial charge on any atom is 0.239 e. The molecule has 1 amide bonds. The van der Waals surface area contributed by atoms with Crippen LogP contribution in [0.15, 0.2) is 0 Å². The summed E-state index contributed by atoms with van der Waals surface area (Å²) in [4.78, 5) is 15.9. The van der Waals surface area contributed by atoms with Gasteiger partial charge < -0.3 is 10.6 Å². The minimum Gasteiger partial charge on any atom is -0.393 e. The third-order valence-corrected chi connectivity index (χ3v) is 2.85. The van der Waals surface area contributed by atoms with E-state index in [0.717, 1.165) is 19.5 Å². The number of hydrogen-bond acceptors (Lipinski definition) is 3. The molecular formula is C9H17N3OS. The Balaban J connectivity index is 2.41. The molecule has 2 N–H and O–H groups in total. The summed E-state index contributed by atoms with van der Waals surface area (Å²) in [6.45, 7) is 1.61. The van der Waals surface area contributed by atoms with Crippen molar-refractivity contribution in [2.24, 2.45) is 5.73 Å². The minimum atomic E-state index is 0.0225. The van der Waals surface area contributed by atoms with Crippen molar-refractivity contribution in [2.75, 3.05) is 27.2 Å². The number of likely N-dealkylation sites (N-methyl/N-ethyl adjacent to an activating group) is 2. The number of nitrogens with two attached hydrogens (primary N) is 1. The van der Waals surface area contributed by atoms with Crippen LogP contribution in [0.1, 0.15) is 12.8 Å². The van der Waals surface area contributed by atoms with E-state index in [1.807, 2.05) is 19.0 Å². The summed E-state index contributed by atoms with van der Waals surface area (Å²) >= 11 is 4.80. The quantitative estimate of drug-likeness (QED) is 0.661. The van der Waals surface area contributed by atoms with E-state index in [4.69, 9.17) is 18.0 Å². The Morgan fingerprint density at radius 3 is 2.86 bits per heavy atom. The zero-order valence-corrected chi connectivity index (χ0v) is 9.51. The van der Waals surface area contributed by atoms with Gasteiger partial charge in [-0.3, -0.25) is 9.69 Å². The highest BCUT2D eigenvalue weighted by molar-refractivity contribution is 7.80. The van der Waals surface area contributed by atoms with E-state index in [1.165, 1.54) is 0 Å². The molecule has 14 heavy (non-hydrogen) atoms. The van der Waals surface area contributed by atoms with Crippen LogP contribution >= 0.6 is 12.2 Å². The van der Waals surface area contributed by atoms with Gasteiger partial charge in [-0.05, 0) is 13.5 Å². The normalized spacial score (nSPS) is 22.1. The molecule has 0 radical (unpaired) electrons. The van der Waals surface area contributed by atoms with Crippen LogP contribution in [0.4, 0.5) is 0 Å². The molecule has 4 nitrogen and oxygen atoms in total. The van der Waals surface area contributed by atoms with E-state index in [-0.39, 0.29) is 11.9 Å². The van der Waals surface area contributed by atoms with Crippen molar-refractivity contribution in [1.82, 2.24) is 9.80 Å². The molecular weight excluding hydrogens is 198 g/mol. The number of thiocarbonyl (C=S) groups is 1. The lowest BCUT2D eigenvalue weighted by Crippen LogP contribution is -2.39. The lowest BCUT2D eigenvalue weighted by atomic mass is 10.2. The Bertz CT molecular complexity index is 244. The van der Waals surface area contributed by atoms with Gasteiger partial charge in [0.05, 0.1) is 11.0 Å². The molecule has 1 fully saturated rings. The fraction of sp³-hybridized carbons (Fsp3) is 0.778. The van der Waals surface area contributed by atoms with Crippen LogP contribution in [-0.4, -0.2) is 53.9 Å². The fourth-order valence-electron chi connectivity index (χ4n) is 1.66. The number of nitrogens with zero attached hydrogens (tertiary/aromatic N) is 2. The summed E-state index contributed by atoms with van der Waals surface area (Å²) in [5.41, 5.74) is 5.41. The van der Waals surface area contributed by atoms with Crippen molar-refractivity contribution in [3.8, 4) is 0 Å². The van der Waals surface area contributed by atoms with Crippen LogP contribution in [0.25, 0.3) is 0 Å². The molecule has 80 valence electrons. The van der Waals surface area contributed by atoms with E-state index in [0.29, 0.717) is 11.4 Å². The van der Waals surface area contributed by atoms with Crippen LogP contribution < -0.4 is 5.73 Å². The van der Waals surface area contributed by atoms with Gasteiger partial charge in [-0.25, -0.2) is 0 Å². The maximum atomic E-state index is 11.6. The third-order valence-electron chi connectivity index (χ3n) is 2.64. The molecule has 1 heterocycles. The number of carbonyl (C=O) groups is 1. The summed E-state index contributed by atoms with van der Waals surface area (Å²) < 4.78 is 0. The molecule has 0 spiro atoms. The monoisotopic (exact) mass is 215 g/mol. The highest BCUT2D eigenvalue weighted by atomic mass is 32.1. The van der Waals surface area contributed by atoms with E-state index in [2.05, 4.69) is 0 Å². The summed E-state index contributed by atoms with van der Waals surface area (Å²) in [7, 11) is 3.78. The molecule has 1 unspecified atom stereocenters. The van der Waals surface area contributed by atoms with Crippen molar-refractivity contribution < 1.29 is 4.79 Å². The lowest BCUT2D eigenvalue weighted by molar-refractivity contribution is -0.130. The Morgan fingerprint density at radius 2 is 2.43 bits per heavy atom. The summed E-state index contributed by atoms with van der Waals surface area (Å²) in [6.07, 6.45) is 1.59. The van der Waals surface area contributed by atoms with Crippen molar-refractivity contribution >= 4 is 23.1 Å². The molecule has 0 aromatic carbocycles. The smallest absolute Gasteiger partial charge is 0.239 e. The molecule has 1 rings (SSSR count). The maximum absolute atomic E-state index is 11.6. The van der Waals surface area contributed by atoms with Crippen molar-refractivity contribution in [3.63, 3.8) is 0 Å². The van der Waals surface area contributed by atoms with E-state index in [9.17, 15) is 4.79 Å². The minimum absolute atomic E-state index is 0.0225. The lowest BCUT2D eigenvalue weighted by Gasteiger charge is -2.22. The zero-order chi connectivity index (χ0) is 10.7. The van der Waals surface area contributed by atoms with E-state index in [1.54, 1.807) is 4.90 Å². The van der Waals surface area contributed by atoms with Crippen molar-refractivity contribution in [2.45, 2.75) is 18.9 Å². The second-order valence-electron chi connectivity index (χ2n) is 3.76. The Labute approximate surface area is 90.0 Å². The van der Waals surface area contributed by atoms with Crippen molar-refractivity contribution in [3.05, 3.63) is 0 Å². The average molecular weight is 215 g/mol. The highest BCUT2D eigenvalue weighted by Gasteiger charge is 2.31. The first-order chi connectivity index (χ1) is 6.52. The van der Waals surface area contributed by atoms with Crippen LogP contribution in [0.5, 0.6) is 0 Å².